The zero-order chi connectivity index (χ0) is 14.8. The highest BCUT2D eigenvalue weighted by Gasteiger charge is 2.34. The molecule has 2 aromatic rings. The maximum absolute atomic E-state index is 13.1. The molecular weight excluding hydrogens is 274 g/mol. The van der Waals surface area contributed by atoms with E-state index in [1.54, 1.807) is 0 Å². The van der Waals surface area contributed by atoms with E-state index in [0.717, 1.165) is 6.07 Å². The molecule has 0 aliphatic rings. The van der Waals surface area contributed by atoms with Crippen LogP contribution in [-0.4, -0.2) is 4.98 Å². The summed E-state index contributed by atoms with van der Waals surface area (Å²) in [5, 5.41) is 11.5. The monoisotopic (exact) mass is 281 g/mol. The zero-order valence-corrected chi connectivity index (χ0v) is 9.87. The quantitative estimate of drug-likeness (QED) is 0.850. The summed E-state index contributed by atoms with van der Waals surface area (Å²) in [6, 6.07) is 5.80. The number of nitrogens with one attached hydrogen (secondary N) is 1. The molecule has 0 aliphatic carbocycles. The SMILES string of the molecule is N#Cc1ccncc1Nc1ccc(F)c(C(F)(F)F)c1. The second-order valence-corrected chi connectivity index (χ2v) is 3.85. The summed E-state index contributed by atoms with van der Waals surface area (Å²) in [7, 11) is 0. The van der Waals surface area contributed by atoms with Crippen molar-refractivity contribution in [2.45, 2.75) is 6.18 Å². The molecule has 0 saturated carbocycles. The molecule has 0 atom stereocenters. The molecule has 0 fully saturated rings. The predicted molar refractivity (Wildman–Crippen MR) is 63.6 cm³/mol. The standard InChI is InChI=1S/C13H7F4N3/c14-11-2-1-9(5-10(11)13(15,16)17)20-12-7-19-4-3-8(12)6-18/h1-5,7,20H. The number of halogens is 4. The van der Waals surface area contributed by atoms with Crippen molar-refractivity contribution >= 4 is 11.4 Å². The number of hydrogen-bond acceptors (Lipinski definition) is 3. The highest BCUT2D eigenvalue weighted by atomic mass is 19.4. The summed E-state index contributed by atoms with van der Waals surface area (Å²) < 4.78 is 50.9. The number of aromatic nitrogens is 1. The van der Waals surface area contributed by atoms with Crippen molar-refractivity contribution in [3.05, 3.63) is 53.6 Å². The Balaban J connectivity index is 2.38. The number of pyridine rings is 1. The topological polar surface area (TPSA) is 48.7 Å². The zero-order valence-electron chi connectivity index (χ0n) is 9.87. The normalized spacial score (nSPS) is 10.9. The summed E-state index contributed by atoms with van der Waals surface area (Å²) >= 11 is 0. The first-order valence-corrected chi connectivity index (χ1v) is 5.39. The third-order valence-corrected chi connectivity index (χ3v) is 2.49. The molecule has 0 aliphatic heterocycles. The van der Waals surface area contributed by atoms with Gasteiger partial charge in [0.1, 0.15) is 11.9 Å². The molecule has 102 valence electrons. The number of alkyl halides is 3. The number of hydrogen-bond donors (Lipinski definition) is 1. The number of nitrogens with zero attached hydrogens (tertiary/aromatic N) is 2. The number of benzene rings is 1. The second-order valence-electron chi connectivity index (χ2n) is 3.85. The molecule has 7 heteroatoms. The van der Waals surface area contributed by atoms with Gasteiger partial charge in [0.05, 0.1) is 23.0 Å². The lowest BCUT2D eigenvalue weighted by Crippen LogP contribution is -2.08. The van der Waals surface area contributed by atoms with Gasteiger partial charge in [0.25, 0.3) is 0 Å². The van der Waals surface area contributed by atoms with Crippen LogP contribution in [0.5, 0.6) is 0 Å². The molecule has 20 heavy (non-hydrogen) atoms. The van der Waals surface area contributed by atoms with Crippen LogP contribution in [0.1, 0.15) is 11.1 Å². The van der Waals surface area contributed by atoms with Gasteiger partial charge in [0.2, 0.25) is 0 Å². The summed E-state index contributed by atoms with van der Waals surface area (Å²) in [5.74, 6) is -1.35. The third kappa shape index (κ3) is 2.85. The van der Waals surface area contributed by atoms with Gasteiger partial charge in [-0.2, -0.15) is 18.4 Å². The minimum atomic E-state index is -4.78. The maximum atomic E-state index is 13.1. The number of nitriles is 1. The fraction of sp³-hybridized carbons (Fsp3) is 0.0769. The Hall–Kier alpha value is -2.62. The highest BCUT2D eigenvalue weighted by Crippen LogP contribution is 2.33. The Morgan fingerprint density at radius 3 is 2.60 bits per heavy atom. The van der Waals surface area contributed by atoms with Crippen LogP contribution < -0.4 is 5.32 Å². The second kappa shape index (κ2) is 5.17. The van der Waals surface area contributed by atoms with E-state index in [2.05, 4.69) is 10.3 Å². The summed E-state index contributed by atoms with van der Waals surface area (Å²) in [5.41, 5.74) is -0.888. The van der Waals surface area contributed by atoms with Crippen molar-refractivity contribution in [2.24, 2.45) is 0 Å². The van der Waals surface area contributed by atoms with Gasteiger partial charge in [-0.3, -0.25) is 4.98 Å². The van der Waals surface area contributed by atoms with Gasteiger partial charge in [-0.05, 0) is 24.3 Å². The first kappa shape index (κ1) is 13.8. The van der Waals surface area contributed by atoms with Crippen LogP contribution in [0.15, 0.2) is 36.7 Å². The van der Waals surface area contributed by atoms with Crippen molar-refractivity contribution in [1.29, 1.82) is 5.26 Å². The number of anilines is 2. The molecular formula is C13H7F4N3. The molecule has 2 rings (SSSR count). The summed E-state index contributed by atoms with van der Waals surface area (Å²) in [6.45, 7) is 0. The first-order valence-electron chi connectivity index (χ1n) is 5.39. The minimum absolute atomic E-state index is 0.0169. The van der Waals surface area contributed by atoms with Gasteiger partial charge in [0, 0.05) is 11.9 Å². The van der Waals surface area contributed by atoms with Gasteiger partial charge >= 0.3 is 6.18 Å². The van der Waals surface area contributed by atoms with E-state index in [0.29, 0.717) is 12.1 Å². The average Bonchev–Trinajstić information content (AvgIpc) is 2.40. The smallest absolute Gasteiger partial charge is 0.353 e. The van der Waals surface area contributed by atoms with Crippen LogP contribution in [0, 0.1) is 17.1 Å². The largest absolute Gasteiger partial charge is 0.419 e. The number of rotatable bonds is 2. The fourth-order valence-corrected chi connectivity index (χ4v) is 1.57. The molecule has 1 aromatic heterocycles. The fourth-order valence-electron chi connectivity index (χ4n) is 1.57. The van der Waals surface area contributed by atoms with Gasteiger partial charge in [-0.15, -0.1) is 0 Å². The third-order valence-electron chi connectivity index (χ3n) is 2.49. The van der Waals surface area contributed by atoms with E-state index in [-0.39, 0.29) is 16.9 Å². The van der Waals surface area contributed by atoms with E-state index in [4.69, 9.17) is 5.26 Å². The van der Waals surface area contributed by atoms with E-state index in [1.807, 2.05) is 6.07 Å². The van der Waals surface area contributed by atoms with Crippen molar-refractivity contribution in [3.8, 4) is 6.07 Å². The minimum Gasteiger partial charge on any atom is -0.353 e. The van der Waals surface area contributed by atoms with Crippen molar-refractivity contribution < 1.29 is 17.6 Å². The Labute approximate surface area is 111 Å². The Morgan fingerprint density at radius 1 is 1.20 bits per heavy atom. The van der Waals surface area contributed by atoms with Gasteiger partial charge in [-0.1, -0.05) is 0 Å². The summed E-state index contributed by atoms with van der Waals surface area (Å²) in [4.78, 5) is 3.77. The Bertz CT molecular complexity index is 674. The lowest BCUT2D eigenvalue weighted by atomic mass is 10.1. The van der Waals surface area contributed by atoms with Gasteiger partial charge in [-0.25, -0.2) is 4.39 Å². The van der Waals surface area contributed by atoms with Crippen LogP contribution in [-0.2, 0) is 6.18 Å². The molecule has 0 saturated heterocycles. The van der Waals surface area contributed by atoms with E-state index < -0.39 is 17.6 Å². The lowest BCUT2D eigenvalue weighted by Gasteiger charge is -2.12. The van der Waals surface area contributed by atoms with Crippen LogP contribution in [0.25, 0.3) is 0 Å². The Morgan fingerprint density at radius 2 is 1.95 bits per heavy atom. The molecule has 0 unspecified atom stereocenters. The van der Waals surface area contributed by atoms with E-state index in [1.165, 1.54) is 18.5 Å². The van der Waals surface area contributed by atoms with Gasteiger partial charge < -0.3 is 5.32 Å². The molecule has 1 aromatic carbocycles. The summed E-state index contributed by atoms with van der Waals surface area (Å²) in [6.07, 6.45) is -2.10. The van der Waals surface area contributed by atoms with Crippen molar-refractivity contribution in [3.63, 3.8) is 0 Å². The maximum Gasteiger partial charge on any atom is 0.419 e. The highest BCUT2D eigenvalue weighted by molar-refractivity contribution is 5.65. The van der Waals surface area contributed by atoms with Crippen LogP contribution in [0.3, 0.4) is 0 Å². The van der Waals surface area contributed by atoms with Crippen LogP contribution >= 0.6 is 0 Å². The lowest BCUT2D eigenvalue weighted by molar-refractivity contribution is -0.139. The van der Waals surface area contributed by atoms with Gasteiger partial charge in [0.15, 0.2) is 0 Å². The molecule has 1 heterocycles. The molecule has 0 radical (unpaired) electrons. The Kier molecular flexibility index (Phi) is 3.57. The first-order chi connectivity index (χ1) is 9.41. The van der Waals surface area contributed by atoms with Crippen LogP contribution in [0.4, 0.5) is 28.9 Å². The molecule has 0 spiro atoms. The van der Waals surface area contributed by atoms with E-state index >= 15 is 0 Å². The molecule has 0 bridgehead atoms. The molecule has 0 amide bonds. The van der Waals surface area contributed by atoms with Crippen molar-refractivity contribution in [1.82, 2.24) is 4.98 Å². The van der Waals surface area contributed by atoms with Crippen LogP contribution in [0.2, 0.25) is 0 Å². The predicted octanol–water partition coefficient (Wildman–Crippen LogP) is 3.85. The van der Waals surface area contributed by atoms with E-state index in [9.17, 15) is 17.6 Å². The molecule has 3 nitrogen and oxygen atoms in total. The van der Waals surface area contributed by atoms with Crippen molar-refractivity contribution in [2.75, 3.05) is 5.32 Å². The molecule has 1 N–H and O–H groups in total. The average molecular weight is 281 g/mol.